The summed E-state index contributed by atoms with van der Waals surface area (Å²) < 4.78 is 15.4. The van der Waals surface area contributed by atoms with Crippen LogP contribution in [0.1, 0.15) is 17.4 Å². The van der Waals surface area contributed by atoms with E-state index in [2.05, 4.69) is 9.97 Å². The molecule has 2 aromatic rings. The number of carbonyl (C=O) groups excluding carboxylic acids is 1. The van der Waals surface area contributed by atoms with Crippen molar-refractivity contribution in [2.75, 3.05) is 20.8 Å². The van der Waals surface area contributed by atoms with E-state index in [9.17, 15) is 4.79 Å². The van der Waals surface area contributed by atoms with Gasteiger partial charge >= 0.3 is 5.97 Å². The molecule has 1 heterocycles. The minimum absolute atomic E-state index is 0.249. The summed E-state index contributed by atoms with van der Waals surface area (Å²) in [6.45, 7) is 2.05. The van der Waals surface area contributed by atoms with Gasteiger partial charge in [0, 0.05) is 5.56 Å². The number of methoxy groups -OCH3 is 2. The highest BCUT2D eigenvalue weighted by Gasteiger charge is 2.18. The Kier molecular flexibility index (Phi) is 4.24. The Bertz CT molecular complexity index is 607. The third-order valence-corrected chi connectivity index (χ3v) is 2.78. The number of rotatable bonds is 5. The molecule has 0 atom stereocenters. The number of aromatic amines is 1. The van der Waals surface area contributed by atoms with E-state index in [4.69, 9.17) is 14.2 Å². The Labute approximate surface area is 116 Å². The van der Waals surface area contributed by atoms with Crippen molar-refractivity contribution in [3.05, 3.63) is 30.2 Å². The number of hydrogen-bond acceptors (Lipinski definition) is 5. The predicted octanol–water partition coefficient (Wildman–Crippen LogP) is 2.27. The maximum atomic E-state index is 11.8. The van der Waals surface area contributed by atoms with Crippen molar-refractivity contribution in [1.82, 2.24) is 9.97 Å². The molecule has 20 heavy (non-hydrogen) atoms. The summed E-state index contributed by atoms with van der Waals surface area (Å²) in [7, 11) is 3.12. The van der Waals surface area contributed by atoms with Crippen molar-refractivity contribution in [2.45, 2.75) is 6.92 Å². The second-order valence-electron chi connectivity index (χ2n) is 3.92. The molecule has 106 valence electrons. The van der Waals surface area contributed by atoms with Gasteiger partial charge in [-0.3, -0.25) is 0 Å². The van der Waals surface area contributed by atoms with Crippen molar-refractivity contribution in [2.24, 2.45) is 0 Å². The number of H-pyrrole nitrogens is 1. The maximum Gasteiger partial charge on any atom is 0.359 e. The van der Waals surface area contributed by atoms with Gasteiger partial charge in [-0.2, -0.15) is 0 Å². The van der Waals surface area contributed by atoms with Crippen LogP contribution in [0.15, 0.2) is 24.5 Å². The average molecular weight is 276 g/mol. The van der Waals surface area contributed by atoms with E-state index in [0.717, 1.165) is 5.56 Å². The molecule has 0 aliphatic carbocycles. The molecule has 0 saturated carbocycles. The molecule has 1 N–H and O–H groups in total. The fourth-order valence-corrected chi connectivity index (χ4v) is 1.86. The second-order valence-corrected chi connectivity index (χ2v) is 3.92. The van der Waals surface area contributed by atoms with Crippen LogP contribution in [-0.2, 0) is 4.74 Å². The first-order chi connectivity index (χ1) is 9.71. The Morgan fingerprint density at radius 2 is 2.00 bits per heavy atom. The quantitative estimate of drug-likeness (QED) is 0.848. The lowest BCUT2D eigenvalue weighted by Gasteiger charge is -2.09. The van der Waals surface area contributed by atoms with Crippen LogP contribution in [0, 0.1) is 0 Å². The molecule has 6 heteroatoms. The van der Waals surface area contributed by atoms with Crippen LogP contribution in [0.4, 0.5) is 0 Å². The van der Waals surface area contributed by atoms with Crippen molar-refractivity contribution in [3.63, 3.8) is 0 Å². The topological polar surface area (TPSA) is 73.4 Å². The van der Waals surface area contributed by atoms with E-state index in [-0.39, 0.29) is 5.69 Å². The molecule has 6 nitrogen and oxygen atoms in total. The monoisotopic (exact) mass is 276 g/mol. The molecule has 0 fully saturated rings. The molecular weight excluding hydrogens is 260 g/mol. The fourth-order valence-electron chi connectivity index (χ4n) is 1.86. The number of hydrogen-bond donors (Lipinski definition) is 1. The van der Waals surface area contributed by atoms with Crippen molar-refractivity contribution < 1.29 is 19.0 Å². The van der Waals surface area contributed by atoms with Crippen LogP contribution >= 0.6 is 0 Å². The maximum absolute atomic E-state index is 11.8. The lowest BCUT2D eigenvalue weighted by atomic mass is 10.1. The lowest BCUT2D eigenvalue weighted by Crippen LogP contribution is -2.06. The number of aromatic nitrogens is 2. The van der Waals surface area contributed by atoms with Gasteiger partial charge < -0.3 is 19.2 Å². The van der Waals surface area contributed by atoms with E-state index >= 15 is 0 Å². The second kappa shape index (κ2) is 6.10. The van der Waals surface area contributed by atoms with E-state index in [1.165, 1.54) is 6.33 Å². The zero-order chi connectivity index (χ0) is 14.5. The highest BCUT2D eigenvalue weighted by Crippen LogP contribution is 2.32. The van der Waals surface area contributed by atoms with Crippen LogP contribution in [0.5, 0.6) is 11.5 Å². The van der Waals surface area contributed by atoms with E-state index < -0.39 is 5.97 Å². The Balaban J connectivity index is 2.42. The summed E-state index contributed by atoms with van der Waals surface area (Å²) in [5, 5.41) is 0. The number of nitrogens with one attached hydrogen (secondary N) is 1. The average Bonchev–Trinajstić information content (AvgIpc) is 2.96. The number of carbonyl (C=O) groups is 1. The van der Waals surface area contributed by atoms with Gasteiger partial charge in [-0.25, -0.2) is 9.78 Å². The molecule has 0 radical (unpaired) electrons. The molecule has 0 amide bonds. The lowest BCUT2D eigenvalue weighted by molar-refractivity contribution is 0.0521. The van der Waals surface area contributed by atoms with Crippen LogP contribution in [0.25, 0.3) is 11.3 Å². The summed E-state index contributed by atoms with van der Waals surface area (Å²) >= 11 is 0. The zero-order valence-electron chi connectivity index (χ0n) is 11.6. The summed E-state index contributed by atoms with van der Waals surface area (Å²) in [6.07, 6.45) is 1.46. The van der Waals surface area contributed by atoms with Gasteiger partial charge in [0.2, 0.25) is 0 Å². The normalized spacial score (nSPS) is 10.2. The number of benzene rings is 1. The van der Waals surface area contributed by atoms with Crippen LogP contribution in [0.3, 0.4) is 0 Å². The van der Waals surface area contributed by atoms with E-state index in [1.807, 2.05) is 6.07 Å². The van der Waals surface area contributed by atoms with Crippen LogP contribution in [-0.4, -0.2) is 36.8 Å². The summed E-state index contributed by atoms with van der Waals surface area (Å²) in [5.74, 6) is 0.737. The predicted molar refractivity (Wildman–Crippen MR) is 73.1 cm³/mol. The first-order valence-corrected chi connectivity index (χ1v) is 6.14. The van der Waals surface area contributed by atoms with Gasteiger partial charge in [0.1, 0.15) is 0 Å². The van der Waals surface area contributed by atoms with Gasteiger partial charge in [0.15, 0.2) is 17.2 Å². The van der Waals surface area contributed by atoms with Crippen molar-refractivity contribution in [1.29, 1.82) is 0 Å². The molecule has 0 spiro atoms. The zero-order valence-corrected chi connectivity index (χ0v) is 11.6. The Hall–Kier alpha value is -2.50. The van der Waals surface area contributed by atoms with Gasteiger partial charge in [-0.15, -0.1) is 0 Å². The van der Waals surface area contributed by atoms with Gasteiger partial charge in [0.05, 0.1) is 32.8 Å². The van der Waals surface area contributed by atoms with E-state index in [1.54, 1.807) is 33.3 Å². The molecule has 2 rings (SSSR count). The van der Waals surface area contributed by atoms with Gasteiger partial charge in [-0.05, 0) is 25.1 Å². The Morgan fingerprint density at radius 1 is 1.25 bits per heavy atom. The third kappa shape index (κ3) is 2.59. The smallest absolute Gasteiger partial charge is 0.359 e. The minimum atomic E-state index is -0.460. The molecule has 0 saturated heterocycles. The van der Waals surface area contributed by atoms with Crippen LogP contribution in [0.2, 0.25) is 0 Å². The van der Waals surface area contributed by atoms with Crippen molar-refractivity contribution in [3.8, 4) is 22.8 Å². The number of imidazole rings is 1. The number of esters is 1. The first-order valence-electron chi connectivity index (χ1n) is 6.14. The van der Waals surface area contributed by atoms with Crippen molar-refractivity contribution >= 4 is 5.97 Å². The molecule has 0 unspecified atom stereocenters. The SMILES string of the molecule is CCOC(=O)c1nc[nH]c1-c1ccc(OC)c(OC)c1. The fraction of sp³-hybridized carbons (Fsp3) is 0.286. The highest BCUT2D eigenvalue weighted by molar-refractivity contribution is 5.94. The molecule has 0 bridgehead atoms. The molecule has 0 aliphatic heterocycles. The standard InChI is InChI=1S/C14H16N2O4/c1-4-20-14(17)13-12(15-8-16-13)9-5-6-10(18-2)11(7-9)19-3/h5-8H,4H2,1-3H3,(H,15,16). The largest absolute Gasteiger partial charge is 0.493 e. The first kappa shape index (κ1) is 13.9. The summed E-state index contributed by atoms with van der Waals surface area (Å²) in [5.41, 5.74) is 1.60. The van der Waals surface area contributed by atoms with Crippen LogP contribution < -0.4 is 9.47 Å². The van der Waals surface area contributed by atoms with Gasteiger partial charge in [0.25, 0.3) is 0 Å². The number of ether oxygens (including phenoxy) is 3. The molecule has 0 aliphatic rings. The molecule has 1 aromatic carbocycles. The summed E-state index contributed by atoms with van der Waals surface area (Å²) in [6, 6.07) is 5.36. The molecule has 1 aromatic heterocycles. The van der Waals surface area contributed by atoms with Gasteiger partial charge in [-0.1, -0.05) is 0 Å². The van der Waals surface area contributed by atoms with E-state index in [0.29, 0.717) is 23.8 Å². The minimum Gasteiger partial charge on any atom is -0.493 e. The molecular formula is C14H16N2O4. The summed E-state index contributed by atoms with van der Waals surface area (Å²) in [4.78, 5) is 18.8. The highest BCUT2D eigenvalue weighted by atomic mass is 16.5. The third-order valence-electron chi connectivity index (χ3n) is 2.78. The number of nitrogens with zero attached hydrogens (tertiary/aromatic N) is 1. The Morgan fingerprint density at radius 3 is 2.65 bits per heavy atom.